The van der Waals surface area contributed by atoms with Crippen LogP contribution in [0.15, 0.2) is 12.1 Å². The Kier molecular flexibility index (Phi) is 5.88. The van der Waals surface area contributed by atoms with Gasteiger partial charge in [-0.1, -0.05) is 25.8 Å². The second-order valence-corrected chi connectivity index (χ2v) is 8.88. The van der Waals surface area contributed by atoms with Crippen molar-refractivity contribution in [2.75, 3.05) is 26.2 Å². The monoisotopic (exact) mass is 401 g/mol. The SMILES string of the molecule is CC(=O)N1CCN(Cc2ccc3[nH]c([C@@H](N)C4CCC(C)CC4)nc3c2F)CC1. The summed E-state index contributed by atoms with van der Waals surface area (Å²) in [6.07, 6.45) is 4.63. The third-order valence-corrected chi connectivity index (χ3v) is 6.79. The van der Waals surface area contributed by atoms with Crippen LogP contribution in [0.1, 0.15) is 57.0 Å². The van der Waals surface area contributed by atoms with Crippen molar-refractivity contribution in [1.29, 1.82) is 0 Å². The molecule has 1 aliphatic heterocycles. The molecule has 2 fully saturated rings. The second kappa shape index (κ2) is 8.40. The van der Waals surface area contributed by atoms with Crippen LogP contribution in [-0.4, -0.2) is 51.9 Å². The van der Waals surface area contributed by atoms with Gasteiger partial charge in [0.1, 0.15) is 11.3 Å². The second-order valence-electron chi connectivity index (χ2n) is 8.88. The molecule has 158 valence electrons. The number of carbonyl (C=O) groups excluding carboxylic acids is 1. The van der Waals surface area contributed by atoms with Crippen molar-refractivity contribution >= 4 is 16.9 Å². The zero-order valence-corrected chi connectivity index (χ0v) is 17.5. The smallest absolute Gasteiger partial charge is 0.219 e. The van der Waals surface area contributed by atoms with E-state index in [1.165, 1.54) is 12.8 Å². The number of nitrogens with one attached hydrogen (secondary N) is 1. The minimum absolute atomic E-state index is 0.102. The number of aromatic nitrogens is 2. The molecule has 0 unspecified atom stereocenters. The molecule has 3 N–H and O–H groups in total. The molecule has 2 aromatic rings. The number of nitrogens with two attached hydrogens (primary N) is 1. The molecule has 1 saturated carbocycles. The molecule has 6 nitrogen and oxygen atoms in total. The lowest BCUT2D eigenvalue weighted by atomic mass is 9.79. The highest BCUT2D eigenvalue weighted by molar-refractivity contribution is 5.77. The van der Waals surface area contributed by atoms with E-state index in [1.807, 2.05) is 17.0 Å². The maximum absolute atomic E-state index is 15.2. The van der Waals surface area contributed by atoms with E-state index in [0.717, 1.165) is 31.8 Å². The van der Waals surface area contributed by atoms with Gasteiger partial charge in [0.2, 0.25) is 5.91 Å². The summed E-state index contributed by atoms with van der Waals surface area (Å²) in [7, 11) is 0. The first-order chi connectivity index (χ1) is 13.9. The van der Waals surface area contributed by atoms with Crippen molar-refractivity contribution in [1.82, 2.24) is 19.8 Å². The van der Waals surface area contributed by atoms with E-state index in [0.29, 0.717) is 48.0 Å². The van der Waals surface area contributed by atoms with E-state index < -0.39 is 0 Å². The standard InChI is InChI=1S/C22H32FN5O/c1-14-3-5-16(6-4-14)20(24)22-25-18-8-7-17(19(23)21(18)26-22)13-27-9-11-28(12-10-27)15(2)29/h7-8,14,16,20H,3-6,9-13,24H2,1-2H3,(H,25,26)/t14?,16?,20-/m0/s1. The average Bonchev–Trinajstić information content (AvgIpc) is 3.16. The number of nitrogens with zero attached hydrogens (tertiary/aromatic N) is 3. The molecule has 1 amide bonds. The first-order valence-electron chi connectivity index (χ1n) is 10.8. The molecule has 1 aliphatic carbocycles. The van der Waals surface area contributed by atoms with Gasteiger partial charge in [0, 0.05) is 45.2 Å². The zero-order valence-electron chi connectivity index (χ0n) is 17.5. The summed E-state index contributed by atoms with van der Waals surface area (Å²) >= 11 is 0. The Morgan fingerprint density at radius 2 is 1.93 bits per heavy atom. The van der Waals surface area contributed by atoms with E-state index in [4.69, 9.17) is 5.73 Å². The number of halogens is 1. The molecule has 4 rings (SSSR count). The summed E-state index contributed by atoms with van der Waals surface area (Å²) in [5.74, 6) is 1.72. The molecule has 1 saturated heterocycles. The molecule has 0 spiro atoms. The summed E-state index contributed by atoms with van der Waals surface area (Å²) in [6, 6.07) is 3.58. The third-order valence-electron chi connectivity index (χ3n) is 6.79. The van der Waals surface area contributed by atoms with Crippen LogP contribution < -0.4 is 5.73 Å². The molecule has 1 atom stereocenters. The normalized spacial score (nSPS) is 24.8. The first kappa shape index (κ1) is 20.3. The first-order valence-corrected chi connectivity index (χ1v) is 10.8. The Labute approximate surface area is 171 Å². The number of H-pyrrole nitrogens is 1. The fourth-order valence-corrected chi connectivity index (χ4v) is 4.71. The predicted octanol–water partition coefficient (Wildman–Crippen LogP) is 3.19. The molecule has 2 heterocycles. The third kappa shape index (κ3) is 4.31. The van der Waals surface area contributed by atoms with Crippen LogP contribution >= 0.6 is 0 Å². The predicted molar refractivity (Wildman–Crippen MR) is 112 cm³/mol. The summed E-state index contributed by atoms with van der Waals surface area (Å²) in [6.45, 7) is 7.32. The topological polar surface area (TPSA) is 78.2 Å². The van der Waals surface area contributed by atoms with Gasteiger partial charge in [0.25, 0.3) is 0 Å². The van der Waals surface area contributed by atoms with Crippen molar-refractivity contribution < 1.29 is 9.18 Å². The van der Waals surface area contributed by atoms with Gasteiger partial charge < -0.3 is 15.6 Å². The van der Waals surface area contributed by atoms with Gasteiger partial charge in [0.15, 0.2) is 5.82 Å². The molecule has 2 aliphatic rings. The zero-order chi connectivity index (χ0) is 20.5. The van der Waals surface area contributed by atoms with Crippen molar-refractivity contribution in [3.63, 3.8) is 0 Å². The quantitative estimate of drug-likeness (QED) is 0.825. The highest BCUT2D eigenvalue weighted by Gasteiger charge is 2.27. The minimum atomic E-state index is -0.261. The Balaban J connectivity index is 1.47. The Morgan fingerprint density at radius 3 is 2.59 bits per heavy atom. The number of piperazine rings is 1. The molecule has 1 aromatic heterocycles. The lowest BCUT2D eigenvalue weighted by Gasteiger charge is -2.34. The molecular weight excluding hydrogens is 369 g/mol. The van der Waals surface area contributed by atoms with Crippen molar-refractivity contribution in [3.8, 4) is 0 Å². The number of hydrogen-bond donors (Lipinski definition) is 2. The number of benzene rings is 1. The van der Waals surface area contributed by atoms with Crippen molar-refractivity contribution in [2.24, 2.45) is 17.6 Å². The number of carbonyl (C=O) groups is 1. The van der Waals surface area contributed by atoms with Crippen LogP contribution in [0.3, 0.4) is 0 Å². The molecule has 1 aromatic carbocycles. The maximum Gasteiger partial charge on any atom is 0.219 e. The molecule has 0 radical (unpaired) electrons. The van der Waals surface area contributed by atoms with Crippen LogP contribution in [0.25, 0.3) is 11.0 Å². The van der Waals surface area contributed by atoms with Gasteiger partial charge in [0.05, 0.1) is 11.6 Å². The van der Waals surface area contributed by atoms with Gasteiger partial charge >= 0.3 is 0 Å². The minimum Gasteiger partial charge on any atom is -0.341 e. The maximum atomic E-state index is 15.2. The van der Waals surface area contributed by atoms with Crippen LogP contribution in [0.4, 0.5) is 4.39 Å². The summed E-state index contributed by atoms with van der Waals surface area (Å²) in [4.78, 5) is 23.3. The molecule has 7 heteroatoms. The van der Waals surface area contributed by atoms with Gasteiger partial charge in [-0.15, -0.1) is 0 Å². The van der Waals surface area contributed by atoms with Gasteiger partial charge in [-0.2, -0.15) is 0 Å². The van der Waals surface area contributed by atoms with Crippen LogP contribution in [0.5, 0.6) is 0 Å². The van der Waals surface area contributed by atoms with Crippen molar-refractivity contribution in [2.45, 2.75) is 52.1 Å². The number of rotatable bonds is 4. The van der Waals surface area contributed by atoms with Crippen LogP contribution in [-0.2, 0) is 11.3 Å². The largest absolute Gasteiger partial charge is 0.341 e. The van der Waals surface area contributed by atoms with E-state index >= 15 is 4.39 Å². The highest BCUT2D eigenvalue weighted by Crippen LogP contribution is 2.35. The number of amides is 1. The number of hydrogen-bond acceptors (Lipinski definition) is 4. The van der Waals surface area contributed by atoms with Gasteiger partial charge in [-0.25, -0.2) is 9.37 Å². The van der Waals surface area contributed by atoms with Crippen LogP contribution in [0, 0.1) is 17.7 Å². The number of fused-ring (bicyclic) bond motifs is 1. The lowest BCUT2D eigenvalue weighted by Crippen LogP contribution is -2.47. The van der Waals surface area contributed by atoms with Crippen molar-refractivity contribution in [3.05, 3.63) is 29.3 Å². The molecule has 0 bridgehead atoms. The Bertz CT molecular complexity index is 865. The summed E-state index contributed by atoms with van der Waals surface area (Å²) < 4.78 is 15.2. The Morgan fingerprint density at radius 1 is 1.24 bits per heavy atom. The van der Waals surface area contributed by atoms with E-state index in [2.05, 4.69) is 21.8 Å². The van der Waals surface area contributed by atoms with Crippen LogP contribution in [0.2, 0.25) is 0 Å². The summed E-state index contributed by atoms with van der Waals surface area (Å²) in [5.41, 5.74) is 8.24. The number of aromatic amines is 1. The molecular formula is C22H32FN5O. The fraction of sp³-hybridized carbons (Fsp3) is 0.636. The Hall–Kier alpha value is -1.99. The fourth-order valence-electron chi connectivity index (χ4n) is 4.71. The van der Waals surface area contributed by atoms with E-state index in [-0.39, 0.29) is 17.8 Å². The number of imidazole rings is 1. The molecule has 29 heavy (non-hydrogen) atoms. The van der Waals surface area contributed by atoms with E-state index in [9.17, 15) is 4.79 Å². The van der Waals surface area contributed by atoms with Gasteiger partial charge in [-0.05, 0) is 30.7 Å². The van der Waals surface area contributed by atoms with Gasteiger partial charge in [-0.3, -0.25) is 9.69 Å². The lowest BCUT2D eigenvalue weighted by molar-refractivity contribution is -0.130. The highest BCUT2D eigenvalue weighted by atomic mass is 19.1. The summed E-state index contributed by atoms with van der Waals surface area (Å²) in [5, 5.41) is 0. The average molecular weight is 402 g/mol. The van der Waals surface area contributed by atoms with E-state index in [1.54, 1.807) is 6.92 Å².